The number of rotatable bonds is 5. The topological polar surface area (TPSA) is 34.1 Å². The molecule has 1 aromatic heterocycles. The van der Waals surface area contributed by atoms with E-state index in [4.69, 9.17) is 0 Å². The third-order valence-corrected chi connectivity index (χ3v) is 2.89. The van der Waals surface area contributed by atoms with Gasteiger partial charge in [-0.25, -0.2) is 0 Å². The molecule has 0 saturated heterocycles. The van der Waals surface area contributed by atoms with E-state index in [1.807, 2.05) is 17.5 Å². The molecule has 0 radical (unpaired) electrons. The van der Waals surface area contributed by atoms with Gasteiger partial charge in [-0.15, -0.1) is 11.3 Å². The Balaban J connectivity index is 3.00. The van der Waals surface area contributed by atoms with Gasteiger partial charge >= 0.3 is 0 Å². The van der Waals surface area contributed by atoms with Gasteiger partial charge in [-0.3, -0.25) is 9.59 Å². The Hall–Kier alpha value is -1.22. The van der Waals surface area contributed by atoms with Crippen molar-refractivity contribution in [3.8, 4) is 0 Å². The zero-order chi connectivity index (χ0) is 11.3. The summed E-state index contributed by atoms with van der Waals surface area (Å²) in [6.07, 6.45) is 2.45. The van der Waals surface area contributed by atoms with E-state index in [0.29, 0.717) is 18.4 Å². The minimum absolute atomic E-state index is 0.0738. The molecule has 1 aromatic rings. The van der Waals surface area contributed by atoms with Crippen LogP contribution in [0, 0.1) is 0 Å². The molecule has 0 N–H and O–H groups in total. The first kappa shape index (κ1) is 11.9. The van der Waals surface area contributed by atoms with Gasteiger partial charge in [0.15, 0.2) is 11.6 Å². The number of Topliss-reactive ketones (excluding diaryl/α,β-unsaturated/α-hetero) is 2. The third kappa shape index (κ3) is 3.13. The van der Waals surface area contributed by atoms with Crippen molar-refractivity contribution in [1.29, 1.82) is 0 Å². The van der Waals surface area contributed by atoms with Crippen LogP contribution in [-0.4, -0.2) is 11.6 Å². The van der Waals surface area contributed by atoms with Crippen molar-refractivity contribution in [2.24, 2.45) is 0 Å². The van der Waals surface area contributed by atoms with Crippen molar-refractivity contribution in [2.45, 2.75) is 26.7 Å². The van der Waals surface area contributed by atoms with Crippen molar-refractivity contribution in [2.75, 3.05) is 0 Å². The van der Waals surface area contributed by atoms with Crippen molar-refractivity contribution in [3.63, 3.8) is 0 Å². The Kier molecular flexibility index (Phi) is 4.43. The predicted molar refractivity (Wildman–Crippen MR) is 62.9 cm³/mol. The van der Waals surface area contributed by atoms with Gasteiger partial charge < -0.3 is 0 Å². The molecule has 2 nitrogen and oxygen atoms in total. The van der Waals surface area contributed by atoms with Crippen LogP contribution >= 0.6 is 11.3 Å². The Morgan fingerprint density at radius 3 is 2.27 bits per heavy atom. The Morgan fingerprint density at radius 2 is 1.87 bits per heavy atom. The Bertz CT molecular complexity index is 356. The summed E-state index contributed by atoms with van der Waals surface area (Å²) in [7, 11) is 0. The van der Waals surface area contributed by atoms with Crippen LogP contribution in [0.15, 0.2) is 23.1 Å². The Labute approximate surface area is 93.6 Å². The van der Waals surface area contributed by atoms with Crippen LogP contribution in [0.4, 0.5) is 0 Å². The maximum Gasteiger partial charge on any atom is 0.166 e. The SMILES string of the molecule is CCC(=O)C(=Cc1cccs1)C(=O)CC. The molecule has 3 heteroatoms. The molecule has 0 atom stereocenters. The van der Waals surface area contributed by atoms with Gasteiger partial charge in [0.2, 0.25) is 0 Å². The zero-order valence-electron chi connectivity index (χ0n) is 8.95. The summed E-state index contributed by atoms with van der Waals surface area (Å²) in [6.45, 7) is 3.54. The fourth-order valence-electron chi connectivity index (χ4n) is 1.21. The largest absolute Gasteiger partial charge is 0.294 e. The van der Waals surface area contributed by atoms with Crippen LogP contribution in [0.1, 0.15) is 31.6 Å². The number of ketones is 2. The molecule has 0 aliphatic rings. The van der Waals surface area contributed by atoms with E-state index in [1.54, 1.807) is 19.9 Å². The fourth-order valence-corrected chi connectivity index (χ4v) is 1.87. The van der Waals surface area contributed by atoms with E-state index >= 15 is 0 Å². The second-order valence-corrected chi connectivity index (χ2v) is 4.11. The first-order valence-corrected chi connectivity index (χ1v) is 5.88. The molecule has 0 fully saturated rings. The molecular formula is C12H14O2S. The lowest BCUT2D eigenvalue weighted by Gasteiger charge is -2.01. The molecule has 0 aliphatic heterocycles. The summed E-state index contributed by atoms with van der Waals surface area (Å²) in [5, 5.41) is 1.93. The number of thiophene rings is 1. The quantitative estimate of drug-likeness (QED) is 0.436. The summed E-state index contributed by atoms with van der Waals surface area (Å²) in [6, 6.07) is 3.80. The standard InChI is InChI=1S/C12H14O2S/c1-3-11(13)10(12(14)4-2)8-9-6-5-7-15-9/h5-8H,3-4H2,1-2H3. The van der Waals surface area contributed by atoms with E-state index < -0.39 is 0 Å². The first-order chi connectivity index (χ1) is 7.19. The smallest absolute Gasteiger partial charge is 0.166 e. The second-order valence-electron chi connectivity index (χ2n) is 3.13. The van der Waals surface area contributed by atoms with E-state index in [9.17, 15) is 9.59 Å². The second kappa shape index (κ2) is 5.61. The number of carbonyl (C=O) groups is 2. The summed E-state index contributed by atoms with van der Waals surface area (Å²) in [5.41, 5.74) is 0.336. The molecule has 1 rings (SSSR count). The van der Waals surface area contributed by atoms with Crippen LogP contribution < -0.4 is 0 Å². The monoisotopic (exact) mass is 222 g/mol. The minimum atomic E-state index is -0.0738. The molecule has 0 saturated carbocycles. The molecule has 0 unspecified atom stereocenters. The van der Waals surface area contributed by atoms with Crippen molar-refractivity contribution >= 4 is 29.0 Å². The molecule has 0 amide bonds. The van der Waals surface area contributed by atoms with Gasteiger partial charge in [0.25, 0.3) is 0 Å². The van der Waals surface area contributed by atoms with Crippen LogP contribution in [0.5, 0.6) is 0 Å². The van der Waals surface area contributed by atoms with Crippen LogP contribution in [0.25, 0.3) is 6.08 Å². The molecule has 80 valence electrons. The summed E-state index contributed by atoms with van der Waals surface area (Å²) in [4.78, 5) is 24.1. The third-order valence-electron chi connectivity index (χ3n) is 2.07. The van der Waals surface area contributed by atoms with Gasteiger partial charge in [0.1, 0.15) is 0 Å². The van der Waals surface area contributed by atoms with E-state index in [0.717, 1.165) is 4.88 Å². The van der Waals surface area contributed by atoms with Gasteiger partial charge in [-0.05, 0) is 17.5 Å². The number of hydrogen-bond donors (Lipinski definition) is 0. The number of hydrogen-bond acceptors (Lipinski definition) is 3. The van der Waals surface area contributed by atoms with Crippen LogP contribution in [-0.2, 0) is 9.59 Å². The lowest BCUT2D eigenvalue weighted by atomic mass is 10.0. The molecule has 0 aromatic carbocycles. The number of allylic oxidation sites excluding steroid dienone is 1. The molecule has 0 spiro atoms. The van der Waals surface area contributed by atoms with E-state index in [2.05, 4.69) is 0 Å². The maximum atomic E-state index is 11.6. The number of carbonyl (C=O) groups excluding carboxylic acids is 2. The lowest BCUT2D eigenvalue weighted by Crippen LogP contribution is -2.10. The highest BCUT2D eigenvalue weighted by Gasteiger charge is 2.14. The highest BCUT2D eigenvalue weighted by Crippen LogP contribution is 2.16. The van der Waals surface area contributed by atoms with Crippen molar-refractivity contribution < 1.29 is 9.59 Å². The summed E-state index contributed by atoms with van der Waals surface area (Å²) in [5.74, 6) is -0.148. The van der Waals surface area contributed by atoms with Gasteiger partial charge in [0, 0.05) is 17.7 Å². The van der Waals surface area contributed by atoms with Gasteiger partial charge in [0.05, 0.1) is 5.57 Å². The van der Waals surface area contributed by atoms with Crippen molar-refractivity contribution in [1.82, 2.24) is 0 Å². The normalized spacial score (nSPS) is 9.73. The average molecular weight is 222 g/mol. The first-order valence-electron chi connectivity index (χ1n) is 5.00. The lowest BCUT2D eigenvalue weighted by molar-refractivity contribution is -0.121. The van der Waals surface area contributed by atoms with Gasteiger partial charge in [-0.1, -0.05) is 19.9 Å². The van der Waals surface area contributed by atoms with Crippen LogP contribution in [0.3, 0.4) is 0 Å². The van der Waals surface area contributed by atoms with Gasteiger partial charge in [-0.2, -0.15) is 0 Å². The molecule has 0 aliphatic carbocycles. The molecular weight excluding hydrogens is 208 g/mol. The van der Waals surface area contributed by atoms with E-state index in [-0.39, 0.29) is 11.6 Å². The van der Waals surface area contributed by atoms with Crippen molar-refractivity contribution in [3.05, 3.63) is 28.0 Å². The molecule has 1 heterocycles. The highest BCUT2D eigenvalue weighted by molar-refractivity contribution is 7.10. The minimum Gasteiger partial charge on any atom is -0.294 e. The van der Waals surface area contributed by atoms with E-state index in [1.165, 1.54) is 11.3 Å². The highest BCUT2D eigenvalue weighted by atomic mass is 32.1. The Morgan fingerprint density at radius 1 is 1.27 bits per heavy atom. The average Bonchev–Trinajstić information content (AvgIpc) is 2.76. The molecule has 15 heavy (non-hydrogen) atoms. The summed E-state index contributed by atoms with van der Waals surface area (Å²) >= 11 is 1.53. The van der Waals surface area contributed by atoms with Crippen LogP contribution in [0.2, 0.25) is 0 Å². The fraction of sp³-hybridized carbons (Fsp3) is 0.333. The maximum absolute atomic E-state index is 11.6. The summed E-state index contributed by atoms with van der Waals surface area (Å²) < 4.78 is 0. The predicted octanol–water partition coefficient (Wildman–Crippen LogP) is 3.09. The molecule has 0 bridgehead atoms. The zero-order valence-corrected chi connectivity index (χ0v) is 9.76.